The van der Waals surface area contributed by atoms with Crippen LogP contribution >= 0.6 is 11.8 Å². The highest BCUT2D eigenvalue weighted by Crippen LogP contribution is 2.32. The number of aromatic nitrogens is 2. The number of nitrogens with one attached hydrogen (secondary N) is 1. The second-order valence-electron chi connectivity index (χ2n) is 4.73. The first-order chi connectivity index (χ1) is 10.2. The van der Waals surface area contributed by atoms with Gasteiger partial charge in [-0.05, 0) is 12.1 Å². The number of imidazole rings is 1. The van der Waals surface area contributed by atoms with E-state index in [1.807, 2.05) is 35.8 Å². The standard InChI is InChI=1S/C15H15N3O2S/c1-2-13(20)16-11-5-3-10(4-6-11)14-12(9-19)18-7-8-21-15(18)17-14/h3-6,9H,2,7-8H2,1H3,(H,16,20). The fourth-order valence-corrected chi connectivity index (χ4v) is 3.25. The molecule has 1 aliphatic rings. The zero-order valence-corrected chi connectivity index (χ0v) is 12.4. The highest BCUT2D eigenvalue weighted by molar-refractivity contribution is 7.99. The second kappa shape index (κ2) is 5.73. The van der Waals surface area contributed by atoms with E-state index in [0.29, 0.717) is 17.8 Å². The third-order valence-electron chi connectivity index (χ3n) is 3.39. The smallest absolute Gasteiger partial charge is 0.224 e. The quantitative estimate of drug-likeness (QED) is 0.882. The van der Waals surface area contributed by atoms with E-state index < -0.39 is 0 Å². The molecular formula is C15H15N3O2S. The first-order valence-electron chi connectivity index (χ1n) is 6.81. The van der Waals surface area contributed by atoms with Crippen LogP contribution in [0.1, 0.15) is 23.8 Å². The molecule has 0 unspecified atom stereocenters. The van der Waals surface area contributed by atoms with Gasteiger partial charge in [0.2, 0.25) is 5.91 Å². The molecule has 1 N–H and O–H groups in total. The van der Waals surface area contributed by atoms with Crippen LogP contribution in [0.2, 0.25) is 0 Å². The molecule has 3 rings (SSSR count). The number of carbonyl (C=O) groups is 2. The van der Waals surface area contributed by atoms with Gasteiger partial charge in [0.15, 0.2) is 11.4 Å². The van der Waals surface area contributed by atoms with Crippen molar-refractivity contribution in [2.24, 2.45) is 0 Å². The Morgan fingerprint density at radius 1 is 1.43 bits per heavy atom. The number of anilines is 1. The van der Waals surface area contributed by atoms with Gasteiger partial charge in [0, 0.05) is 30.0 Å². The van der Waals surface area contributed by atoms with E-state index in [-0.39, 0.29) is 5.91 Å². The summed E-state index contributed by atoms with van der Waals surface area (Å²) in [6.45, 7) is 2.64. The largest absolute Gasteiger partial charge is 0.326 e. The molecule has 108 valence electrons. The summed E-state index contributed by atoms with van der Waals surface area (Å²) in [4.78, 5) is 27.2. The number of carbonyl (C=O) groups excluding carboxylic acids is 2. The summed E-state index contributed by atoms with van der Waals surface area (Å²) >= 11 is 1.66. The van der Waals surface area contributed by atoms with E-state index in [1.54, 1.807) is 11.8 Å². The zero-order valence-electron chi connectivity index (χ0n) is 11.6. The van der Waals surface area contributed by atoms with E-state index >= 15 is 0 Å². The Bertz CT molecular complexity index is 692. The van der Waals surface area contributed by atoms with Crippen molar-refractivity contribution < 1.29 is 9.59 Å². The normalized spacial score (nSPS) is 13.0. The molecule has 0 bridgehead atoms. The molecule has 2 heterocycles. The van der Waals surface area contributed by atoms with Crippen LogP contribution in [0, 0.1) is 0 Å². The van der Waals surface area contributed by atoms with Gasteiger partial charge < -0.3 is 9.88 Å². The molecule has 5 nitrogen and oxygen atoms in total. The van der Waals surface area contributed by atoms with E-state index in [1.165, 1.54) is 0 Å². The Labute approximate surface area is 126 Å². The van der Waals surface area contributed by atoms with Crippen LogP contribution < -0.4 is 5.32 Å². The first kappa shape index (κ1) is 13.9. The molecule has 0 saturated carbocycles. The van der Waals surface area contributed by atoms with Crippen molar-refractivity contribution >= 4 is 29.6 Å². The number of benzene rings is 1. The van der Waals surface area contributed by atoms with E-state index in [9.17, 15) is 9.59 Å². The maximum atomic E-state index is 11.4. The molecule has 2 aromatic rings. The third kappa shape index (κ3) is 2.58. The summed E-state index contributed by atoms with van der Waals surface area (Å²) in [6.07, 6.45) is 1.31. The van der Waals surface area contributed by atoms with E-state index in [2.05, 4.69) is 10.3 Å². The van der Waals surface area contributed by atoms with Crippen LogP contribution in [0.25, 0.3) is 11.3 Å². The Kier molecular flexibility index (Phi) is 3.79. The molecule has 1 amide bonds. The summed E-state index contributed by atoms with van der Waals surface area (Å²) in [7, 11) is 0. The Hall–Kier alpha value is -2.08. The lowest BCUT2D eigenvalue weighted by atomic mass is 10.1. The Balaban J connectivity index is 1.91. The van der Waals surface area contributed by atoms with Gasteiger partial charge in [-0.25, -0.2) is 4.98 Å². The Morgan fingerprint density at radius 2 is 2.19 bits per heavy atom. The lowest BCUT2D eigenvalue weighted by Crippen LogP contribution is -2.09. The minimum atomic E-state index is -0.0197. The van der Waals surface area contributed by atoms with Crippen molar-refractivity contribution in [2.75, 3.05) is 11.1 Å². The summed E-state index contributed by atoms with van der Waals surface area (Å²) in [5, 5.41) is 3.70. The average molecular weight is 301 g/mol. The molecule has 0 spiro atoms. The van der Waals surface area contributed by atoms with Gasteiger partial charge in [-0.15, -0.1) is 0 Å². The van der Waals surface area contributed by atoms with E-state index in [4.69, 9.17) is 0 Å². The maximum Gasteiger partial charge on any atom is 0.224 e. The molecule has 21 heavy (non-hydrogen) atoms. The van der Waals surface area contributed by atoms with Crippen molar-refractivity contribution in [3.8, 4) is 11.3 Å². The SMILES string of the molecule is CCC(=O)Nc1ccc(-c2nc3n(c2C=O)CCS3)cc1. The number of nitrogens with zero attached hydrogens (tertiary/aromatic N) is 2. The molecule has 0 atom stereocenters. The van der Waals surface area contributed by atoms with Gasteiger partial charge in [0.1, 0.15) is 11.4 Å². The van der Waals surface area contributed by atoms with Crippen molar-refractivity contribution in [3.63, 3.8) is 0 Å². The topological polar surface area (TPSA) is 64.0 Å². The van der Waals surface area contributed by atoms with E-state index in [0.717, 1.165) is 35.0 Å². The van der Waals surface area contributed by atoms with Gasteiger partial charge in [-0.1, -0.05) is 30.8 Å². The van der Waals surface area contributed by atoms with Crippen LogP contribution in [0.15, 0.2) is 29.4 Å². The molecular weight excluding hydrogens is 286 g/mol. The number of fused-ring (bicyclic) bond motifs is 1. The van der Waals surface area contributed by atoms with Gasteiger partial charge in [0.25, 0.3) is 0 Å². The minimum Gasteiger partial charge on any atom is -0.326 e. The summed E-state index contributed by atoms with van der Waals surface area (Å²) in [5.41, 5.74) is 2.97. The van der Waals surface area contributed by atoms with Gasteiger partial charge in [0.05, 0.1) is 0 Å². The molecule has 1 aromatic carbocycles. The fourth-order valence-electron chi connectivity index (χ4n) is 2.29. The minimum absolute atomic E-state index is 0.0197. The highest BCUT2D eigenvalue weighted by atomic mass is 32.2. The lowest BCUT2D eigenvalue weighted by molar-refractivity contribution is -0.115. The fraction of sp³-hybridized carbons (Fsp3) is 0.267. The average Bonchev–Trinajstić information content (AvgIpc) is 3.08. The van der Waals surface area contributed by atoms with Gasteiger partial charge >= 0.3 is 0 Å². The summed E-state index contributed by atoms with van der Waals surface area (Å²) in [5.74, 6) is 0.944. The van der Waals surface area contributed by atoms with Gasteiger partial charge in [-0.2, -0.15) is 0 Å². The Morgan fingerprint density at radius 3 is 2.86 bits per heavy atom. The van der Waals surface area contributed by atoms with Crippen molar-refractivity contribution in [2.45, 2.75) is 25.0 Å². The maximum absolute atomic E-state index is 11.4. The molecule has 0 fully saturated rings. The van der Waals surface area contributed by atoms with Crippen molar-refractivity contribution in [1.29, 1.82) is 0 Å². The molecule has 0 radical (unpaired) electrons. The predicted octanol–water partition coefficient (Wildman–Crippen LogP) is 2.82. The monoisotopic (exact) mass is 301 g/mol. The summed E-state index contributed by atoms with van der Waals surface area (Å²) in [6, 6.07) is 7.41. The predicted molar refractivity (Wildman–Crippen MR) is 82.7 cm³/mol. The van der Waals surface area contributed by atoms with Gasteiger partial charge in [-0.3, -0.25) is 9.59 Å². The molecule has 6 heteroatoms. The van der Waals surface area contributed by atoms with Crippen molar-refractivity contribution in [1.82, 2.24) is 9.55 Å². The molecule has 1 aromatic heterocycles. The lowest BCUT2D eigenvalue weighted by Gasteiger charge is -2.05. The number of hydrogen-bond acceptors (Lipinski definition) is 4. The van der Waals surface area contributed by atoms with Crippen LogP contribution in [-0.4, -0.2) is 27.5 Å². The van der Waals surface area contributed by atoms with Crippen molar-refractivity contribution in [3.05, 3.63) is 30.0 Å². The highest BCUT2D eigenvalue weighted by Gasteiger charge is 2.22. The third-order valence-corrected chi connectivity index (χ3v) is 4.35. The number of thioether (sulfide) groups is 1. The first-order valence-corrected chi connectivity index (χ1v) is 7.80. The van der Waals surface area contributed by atoms with Crippen LogP contribution in [0.5, 0.6) is 0 Å². The summed E-state index contributed by atoms with van der Waals surface area (Å²) < 4.78 is 1.96. The molecule has 0 saturated heterocycles. The van der Waals surface area contributed by atoms with Crippen LogP contribution in [-0.2, 0) is 11.3 Å². The number of amides is 1. The van der Waals surface area contributed by atoms with Crippen LogP contribution in [0.4, 0.5) is 5.69 Å². The molecule has 1 aliphatic heterocycles. The molecule has 0 aliphatic carbocycles. The van der Waals surface area contributed by atoms with Crippen LogP contribution in [0.3, 0.4) is 0 Å². The number of hydrogen-bond donors (Lipinski definition) is 1. The number of rotatable bonds is 4. The number of aldehydes is 1. The zero-order chi connectivity index (χ0) is 14.8. The second-order valence-corrected chi connectivity index (χ2v) is 5.79.